The molecule has 1 amide bonds. The van der Waals surface area contributed by atoms with Gasteiger partial charge in [-0.15, -0.1) is 0 Å². The number of aromatic nitrogens is 2. The van der Waals surface area contributed by atoms with Gasteiger partial charge in [0.05, 0.1) is 19.3 Å². The molecule has 0 fully saturated rings. The second-order valence-electron chi connectivity index (χ2n) is 4.79. The van der Waals surface area contributed by atoms with Gasteiger partial charge < -0.3 is 19.1 Å². The fourth-order valence-electron chi connectivity index (χ4n) is 2.23. The molecule has 126 valence electrons. The van der Waals surface area contributed by atoms with Crippen LogP contribution in [-0.4, -0.2) is 53.2 Å². The third-order valence-corrected chi connectivity index (χ3v) is 3.22. The maximum Gasteiger partial charge on any atom is 0.511 e. The summed E-state index contributed by atoms with van der Waals surface area (Å²) in [5.41, 5.74) is -0.472. The van der Waals surface area contributed by atoms with Gasteiger partial charge >= 0.3 is 6.16 Å². The molecule has 1 aliphatic rings. The molecule has 9 heteroatoms. The second-order valence-corrected chi connectivity index (χ2v) is 4.79. The molecule has 0 aromatic carbocycles. The van der Waals surface area contributed by atoms with Gasteiger partial charge in [-0.1, -0.05) is 6.92 Å². The monoisotopic (exact) mass is 325 g/mol. The first-order valence-electron chi connectivity index (χ1n) is 7.40. The van der Waals surface area contributed by atoms with E-state index in [1.807, 2.05) is 6.92 Å². The zero-order valence-corrected chi connectivity index (χ0v) is 13.1. The summed E-state index contributed by atoms with van der Waals surface area (Å²) in [7, 11) is 0. The van der Waals surface area contributed by atoms with E-state index < -0.39 is 18.4 Å². The highest BCUT2D eigenvalue weighted by Gasteiger charge is 2.29. The molecule has 0 unspecified atom stereocenters. The maximum atomic E-state index is 12.5. The second kappa shape index (κ2) is 7.61. The topological polar surface area (TPSA) is 100.0 Å². The third-order valence-electron chi connectivity index (χ3n) is 3.22. The van der Waals surface area contributed by atoms with Crippen LogP contribution in [0.3, 0.4) is 0 Å². The zero-order valence-electron chi connectivity index (χ0n) is 13.1. The summed E-state index contributed by atoms with van der Waals surface area (Å²) in [6, 6.07) is 0. The molecule has 23 heavy (non-hydrogen) atoms. The van der Waals surface area contributed by atoms with Crippen LogP contribution in [0.25, 0.3) is 0 Å². The molecule has 0 aliphatic carbocycles. The van der Waals surface area contributed by atoms with Crippen LogP contribution in [0.15, 0.2) is 11.0 Å². The summed E-state index contributed by atoms with van der Waals surface area (Å²) in [4.78, 5) is 37.2. The van der Waals surface area contributed by atoms with E-state index in [1.54, 1.807) is 11.8 Å². The van der Waals surface area contributed by atoms with Gasteiger partial charge in [-0.25, -0.2) is 4.79 Å². The number of hydrogen-bond acceptors (Lipinski definition) is 7. The molecule has 1 aromatic rings. The molecule has 2 rings (SSSR count). The Kier molecular flexibility index (Phi) is 5.56. The van der Waals surface area contributed by atoms with E-state index in [0.717, 1.165) is 12.6 Å². The predicted octanol–water partition coefficient (Wildman–Crippen LogP) is 0.619. The van der Waals surface area contributed by atoms with Crippen molar-refractivity contribution in [1.29, 1.82) is 0 Å². The molecule has 9 nitrogen and oxygen atoms in total. The predicted molar refractivity (Wildman–Crippen MR) is 78.3 cm³/mol. The summed E-state index contributed by atoms with van der Waals surface area (Å²) in [5, 5.41) is 3.94. The van der Waals surface area contributed by atoms with E-state index in [4.69, 9.17) is 4.74 Å². The molecule has 1 aliphatic heterocycles. The molecular weight excluding hydrogens is 306 g/mol. The van der Waals surface area contributed by atoms with Gasteiger partial charge in [0.25, 0.3) is 5.91 Å². The van der Waals surface area contributed by atoms with E-state index in [-0.39, 0.29) is 24.0 Å². The fraction of sp³-hybridized carbons (Fsp3) is 0.571. The molecule has 0 spiro atoms. The first-order chi connectivity index (χ1) is 11.1. The van der Waals surface area contributed by atoms with Crippen molar-refractivity contribution in [3.05, 3.63) is 22.1 Å². The molecule has 0 bridgehead atoms. The fourth-order valence-corrected chi connectivity index (χ4v) is 2.23. The largest absolute Gasteiger partial charge is 0.511 e. The van der Waals surface area contributed by atoms with Gasteiger partial charge in [0.2, 0.25) is 18.0 Å². The van der Waals surface area contributed by atoms with Crippen molar-refractivity contribution in [1.82, 2.24) is 14.7 Å². The van der Waals surface area contributed by atoms with Crippen molar-refractivity contribution in [2.45, 2.75) is 26.8 Å². The zero-order chi connectivity index (χ0) is 16.8. The minimum Gasteiger partial charge on any atom is -0.451 e. The Hall–Kier alpha value is -2.58. The molecule has 0 saturated carbocycles. The summed E-state index contributed by atoms with van der Waals surface area (Å²) in [6.07, 6.45) is 0.971. The lowest BCUT2D eigenvalue weighted by Gasteiger charge is -2.29. The Bertz CT molecular complexity index is 642. The van der Waals surface area contributed by atoms with E-state index in [1.165, 1.54) is 4.68 Å². The summed E-state index contributed by atoms with van der Waals surface area (Å²) in [5.74, 6) is -0.496. The van der Waals surface area contributed by atoms with Crippen LogP contribution >= 0.6 is 0 Å². The first kappa shape index (κ1) is 16.8. The van der Waals surface area contributed by atoms with Gasteiger partial charge in [-0.2, -0.15) is 5.10 Å². The van der Waals surface area contributed by atoms with Gasteiger partial charge in [-0.3, -0.25) is 14.3 Å². The average molecular weight is 325 g/mol. The quantitative estimate of drug-likeness (QED) is 0.558. The lowest BCUT2D eigenvalue weighted by Crippen LogP contribution is -2.43. The van der Waals surface area contributed by atoms with E-state index in [9.17, 15) is 14.4 Å². The third kappa shape index (κ3) is 3.79. The number of fused-ring (bicyclic) bond motifs is 1. The van der Waals surface area contributed by atoms with Crippen molar-refractivity contribution in [3.63, 3.8) is 0 Å². The Balaban J connectivity index is 2.18. The van der Waals surface area contributed by atoms with Crippen molar-refractivity contribution < 1.29 is 23.8 Å². The van der Waals surface area contributed by atoms with Crippen LogP contribution in [0, 0.1) is 0 Å². The van der Waals surface area contributed by atoms with E-state index in [2.05, 4.69) is 14.6 Å². The molecule has 0 radical (unpaired) electrons. The van der Waals surface area contributed by atoms with Gasteiger partial charge in [0, 0.05) is 13.1 Å². The molecule has 0 N–H and O–H groups in total. The van der Waals surface area contributed by atoms with Gasteiger partial charge in [0.1, 0.15) is 0 Å². The van der Waals surface area contributed by atoms with Crippen LogP contribution in [0.5, 0.6) is 5.75 Å². The van der Waals surface area contributed by atoms with E-state index in [0.29, 0.717) is 19.6 Å². The van der Waals surface area contributed by atoms with Crippen molar-refractivity contribution >= 4 is 12.1 Å². The highest BCUT2D eigenvalue weighted by molar-refractivity contribution is 5.95. The average Bonchev–Trinajstić information content (AvgIpc) is 2.52. The summed E-state index contributed by atoms with van der Waals surface area (Å²) in [6.45, 7) is 4.81. The smallest absolute Gasteiger partial charge is 0.451 e. The minimum atomic E-state index is -0.908. The highest BCUT2D eigenvalue weighted by atomic mass is 16.8. The molecule has 0 atom stereocenters. The lowest BCUT2D eigenvalue weighted by atomic mass is 10.2. The first-order valence-corrected chi connectivity index (χ1v) is 7.40. The highest BCUT2D eigenvalue weighted by Crippen LogP contribution is 2.19. The number of ether oxygens (including phenoxy) is 3. The maximum absolute atomic E-state index is 12.5. The molecule has 0 saturated heterocycles. The van der Waals surface area contributed by atoms with Crippen LogP contribution in [0.2, 0.25) is 0 Å². The lowest BCUT2D eigenvalue weighted by molar-refractivity contribution is 0.00549. The number of carbonyl (C=O) groups is 2. The Labute approximate surface area is 132 Å². The van der Waals surface area contributed by atoms with Crippen LogP contribution in [0.4, 0.5) is 4.79 Å². The Morgan fingerprint density at radius 1 is 1.26 bits per heavy atom. The van der Waals surface area contributed by atoms with Crippen molar-refractivity contribution in [2.24, 2.45) is 0 Å². The number of carbonyl (C=O) groups excluding carboxylic acids is 2. The number of amides is 1. The van der Waals surface area contributed by atoms with E-state index >= 15 is 0 Å². The van der Waals surface area contributed by atoms with Crippen molar-refractivity contribution in [2.75, 3.05) is 26.5 Å². The summed E-state index contributed by atoms with van der Waals surface area (Å²) < 4.78 is 15.9. The van der Waals surface area contributed by atoms with Gasteiger partial charge in [-0.05, 0) is 13.3 Å². The standard InChI is InChI=1S/C14H19N3O6/c1-3-5-16-6-7-17-11(13(16)19)12(10(18)8-15-17)22-9-23-14(20)21-4-2/h8H,3-7,9H2,1-2H3. The summed E-state index contributed by atoms with van der Waals surface area (Å²) >= 11 is 0. The number of hydrogen-bond donors (Lipinski definition) is 0. The van der Waals surface area contributed by atoms with Gasteiger partial charge in [0.15, 0.2) is 5.69 Å². The normalized spacial score (nSPS) is 13.5. The number of nitrogens with zero attached hydrogens (tertiary/aromatic N) is 3. The van der Waals surface area contributed by atoms with Crippen LogP contribution < -0.4 is 10.2 Å². The van der Waals surface area contributed by atoms with Crippen LogP contribution in [0.1, 0.15) is 30.8 Å². The van der Waals surface area contributed by atoms with Crippen LogP contribution in [-0.2, 0) is 16.0 Å². The minimum absolute atomic E-state index is 0.0738. The SMILES string of the molecule is CCCN1CCn2ncc(=O)c(OCOC(=O)OCC)c2C1=O. The van der Waals surface area contributed by atoms with Crippen molar-refractivity contribution in [3.8, 4) is 5.75 Å². The molecular formula is C14H19N3O6. The molecule has 1 aromatic heterocycles. The molecule has 2 heterocycles. The Morgan fingerprint density at radius 3 is 2.74 bits per heavy atom. The Morgan fingerprint density at radius 2 is 2.04 bits per heavy atom. The number of rotatable bonds is 6.